The van der Waals surface area contributed by atoms with Gasteiger partial charge in [-0.15, -0.1) is 0 Å². The molecule has 0 aliphatic heterocycles. The first kappa shape index (κ1) is 13.1. The summed E-state index contributed by atoms with van der Waals surface area (Å²) < 4.78 is 2.64. The molecule has 2 heterocycles. The zero-order valence-electron chi connectivity index (χ0n) is 11.7. The number of aromatic nitrogens is 3. The maximum absolute atomic E-state index is 5.44. The van der Waals surface area contributed by atoms with Gasteiger partial charge >= 0.3 is 0 Å². The van der Waals surface area contributed by atoms with Gasteiger partial charge in [0.05, 0.1) is 5.69 Å². The number of aryl methyl sites for hydroxylation is 2. The van der Waals surface area contributed by atoms with Gasteiger partial charge in [0.1, 0.15) is 4.64 Å². The van der Waals surface area contributed by atoms with E-state index in [1.54, 1.807) is 0 Å². The molecule has 4 heteroatoms. The Morgan fingerprint density at radius 3 is 2.85 bits per heavy atom. The van der Waals surface area contributed by atoms with Gasteiger partial charge in [-0.25, -0.2) is 9.50 Å². The molecule has 3 nitrogen and oxygen atoms in total. The first-order chi connectivity index (χ1) is 9.67. The molecule has 0 saturated carbocycles. The van der Waals surface area contributed by atoms with Crippen molar-refractivity contribution in [2.45, 2.75) is 26.7 Å². The molecular weight excluding hydrogens is 266 g/mol. The van der Waals surface area contributed by atoms with Crippen molar-refractivity contribution >= 4 is 17.9 Å². The summed E-state index contributed by atoms with van der Waals surface area (Å²) in [6.45, 7) is 4.24. The number of hydrogen-bond donors (Lipinski definition) is 1. The average Bonchev–Trinajstić information content (AvgIpc) is 2.84. The molecule has 1 N–H and O–H groups in total. The lowest BCUT2D eigenvalue weighted by Crippen LogP contribution is -1.96. The van der Waals surface area contributed by atoms with Crippen LogP contribution in [0.15, 0.2) is 36.4 Å². The van der Waals surface area contributed by atoms with Crippen molar-refractivity contribution in [1.82, 2.24) is 14.6 Å². The monoisotopic (exact) mass is 283 g/mol. The minimum atomic E-state index is 0.775. The zero-order chi connectivity index (χ0) is 14.1. The third kappa shape index (κ3) is 2.39. The summed E-state index contributed by atoms with van der Waals surface area (Å²) >= 11 is 5.44. The molecule has 0 aliphatic carbocycles. The highest BCUT2D eigenvalue weighted by Gasteiger charge is 2.06. The molecule has 1 aromatic carbocycles. The van der Waals surface area contributed by atoms with E-state index in [9.17, 15) is 0 Å². The number of nitrogens with one attached hydrogen (secondary N) is 1. The summed E-state index contributed by atoms with van der Waals surface area (Å²) in [4.78, 5) is 4.66. The van der Waals surface area contributed by atoms with Gasteiger partial charge in [-0.1, -0.05) is 49.3 Å². The summed E-state index contributed by atoms with van der Waals surface area (Å²) in [5, 5.41) is 3.33. The van der Waals surface area contributed by atoms with Crippen molar-refractivity contribution in [2.75, 3.05) is 0 Å². The molecule has 20 heavy (non-hydrogen) atoms. The van der Waals surface area contributed by atoms with Crippen molar-refractivity contribution in [1.29, 1.82) is 0 Å². The van der Waals surface area contributed by atoms with Crippen LogP contribution in [0.1, 0.15) is 24.6 Å². The van der Waals surface area contributed by atoms with Crippen LogP contribution in [0.3, 0.4) is 0 Å². The van der Waals surface area contributed by atoms with Gasteiger partial charge in [0.15, 0.2) is 5.65 Å². The molecule has 0 fully saturated rings. The number of rotatable bonds is 3. The Kier molecular flexibility index (Phi) is 3.40. The van der Waals surface area contributed by atoms with E-state index in [4.69, 9.17) is 12.2 Å². The van der Waals surface area contributed by atoms with Crippen LogP contribution in [0.5, 0.6) is 0 Å². The fraction of sp³-hybridized carbons (Fsp3) is 0.250. The van der Waals surface area contributed by atoms with Crippen LogP contribution in [-0.2, 0) is 6.42 Å². The second kappa shape index (κ2) is 5.21. The average molecular weight is 283 g/mol. The van der Waals surface area contributed by atoms with Crippen molar-refractivity contribution in [2.24, 2.45) is 0 Å². The van der Waals surface area contributed by atoms with Crippen LogP contribution in [0.4, 0.5) is 0 Å². The van der Waals surface area contributed by atoms with Crippen molar-refractivity contribution in [3.63, 3.8) is 0 Å². The highest BCUT2D eigenvalue weighted by atomic mass is 32.1. The first-order valence-electron chi connectivity index (χ1n) is 6.86. The fourth-order valence-electron chi connectivity index (χ4n) is 2.39. The molecule has 0 atom stereocenters. The summed E-state index contributed by atoms with van der Waals surface area (Å²) in [6, 6.07) is 12.4. The zero-order valence-corrected chi connectivity index (χ0v) is 12.5. The van der Waals surface area contributed by atoms with Gasteiger partial charge in [0, 0.05) is 11.8 Å². The molecule has 0 spiro atoms. The SMILES string of the molecule is CCCc1cc(=S)n2[nH]c(-c3cccc(C)c3)cc2n1. The summed E-state index contributed by atoms with van der Waals surface area (Å²) in [7, 11) is 0. The Hall–Kier alpha value is -1.94. The van der Waals surface area contributed by atoms with Crippen LogP contribution in [-0.4, -0.2) is 14.6 Å². The van der Waals surface area contributed by atoms with Gasteiger partial charge in [0.25, 0.3) is 0 Å². The Balaban J connectivity index is 2.15. The molecule has 0 radical (unpaired) electrons. The van der Waals surface area contributed by atoms with Gasteiger partial charge in [-0.2, -0.15) is 0 Å². The van der Waals surface area contributed by atoms with Crippen LogP contribution in [0, 0.1) is 11.6 Å². The number of hydrogen-bond acceptors (Lipinski definition) is 2. The smallest absolute Gasteiger partial charge is 0.155 e. The molecular formula is C16H17N3S. The molecule has 3 aromatic rings. The summed E-state index contributed by atoms with van der Waals surface area (Å²) in [6.07, 6.45) is 2.04. The molecule has 0 bridgehead atoms. The Labute approximate surface area is 123 Å². The summed E-state index contributed by atoms with van der Waals surface area (Å²) in [5.74, 6) is 0. The number of nitrogens with zero attached hydrogens (tertiary/aromatic N) is 2. The van der Waals surface area contributed by atoms with E-state index in [1.165, 1.54) is 5.56 Å². The highest BCUT2D eigenvalue weighted by molar-refractivity contribution is 7.71. The molecule has 0 unspecified atom stereocenters. The van der Waals surface area contributed by atoms with E-state index in [0.717, 1.165) is 40.1 Å². The fourth-order valence-corrected chi connectivity index (χ4v) is 2.66. The summed E-state index contributed by atoms with van der Waals surface area (Å²) in [5.41, 5.74) is 5.39. The van der Waals surface area contributed by atoms with Crippen molar-refractivity contribution in [3.8, 4) is 11.3 Å². The topological polar surface area (TPSA) is 33.1 Å². The third-order valence-corrected chi connectivity index (χ3v) is 3.64. The second-order valence-electron chi connectivity index (χ2n) is 5.07. The predicted molar refractivity (Wildman–Crippen MR) is 84.5 cm³/mol. The van der Waals surface area contributed by atoms with Crippen LogP contribution in [0.25, 0.3) is 16.9 Å². The lowest BCUT2D eigenvalue weighted by molar-refractivity contribution is 0.853. The standard InChI is InChI=1S/C16H17N3S/c1-3-5-13-9-16(20)19-15(17-13)10-14(18-19)12-7-4-6-11(2)8-12/h4,6-10,18H,3,5H2,1-2H3. The second-order valence-corrected chi connectivity index (χ2v) is 5.49. The third-order valence-electron chi connectivity index (χ3n) is 3.34. The van der Waals surface area contributed by atoms with E-state index < -0.39 is 0 Å². The van der Waals surface area contributed by atoms with E-state index in [-0.39, 0.29) is 0 Å². The maximum atomic E-state index is 5.44. The minimum absolute atomic E-state index is 0.775. The van der Waals surface area contributed by atoms with E-state index in [2.05, 4.69) is 54.3 Å². The largest absolute Gasteiger partial charge is 0.291 e. The van der Waals surface area contributed by atoms with Crippen molar-refractivity contribution < 1.29 is 0 Å². The number of fused-ring (bicyclic) bond motifs is 1. The lowest BCUT2D eigenvalue weighted by atomic mass is 10.1. The first-order valence-corrected chi connectivity index (χ1v) is 7.27. The molecule has 0 aliphatic rings. The predicted octanol–water partition coefficient (Wildman–Crippen LogP) is 4.32. The molecule has 0 amide bonds. The quantitative estimate of drug-likeness (QED) is 0.726. The minimum Gasteiger partial charge on any atom is -0.291 e. The van der Waals surface area contributed by atoms with Gasteiger partial charge < -0.3 is 0 Å². The van der Waals surface area contributed by atoms with Crippen molar-refractivity contribution in [3.05, 3.63) is 52.3 Å². The van der Waals surface area contributed by atoms with Crippen LogP contribution >= 0.6 is 12.2 Å². The van der Waals surface area contributed by atoms with E-state index >= 15 is 0 Å². The Bertz CT molecular complexity index is 814. The lowest BCUT2D eigenvalue weighted by Gasteiger charge is -2.00. The Morgan fingerprint density at radius 2 is 2.10 bits per heavy atom. The molecule has 0 saturated heterocycles. The normalized spacial score (nSPS) is 11.1. The number of benzene rings is 1. The van der Waals surface area contributed by atoms with Gasteiger partial charge in [0.2, 0.25) is 0 Å². The van der Waals surface area contributed by atoms with E-state index in [0.29, 0.717) is 0 Å². The van der Waals surface area contributed by atoms with Gasteiger partial charge in [-0.05, 0) is 31.0 Å². The highest BCUT2D eigenvalue weighted by Crippen LogP contribution is 2.20. The molecule has 102 valence electrons. The van der Waals surface area contributed by atoms with Crippen LogP contribution in [0.2, 0.25) is 0 Å². The Morgan fingerprint density at radius 1 is 1.25 bits per heavy atom. The number of aromatic amines is 1. The van der Waals surface area contributed by atoms with Gasteiger partial charge in [-0.3, -0.25) is 5.10 Å². The maximum Gasteiger partial charge on any atom is 0.155 e. The van der Waals surface area contributed by atoms with Crippen LogP contribution < -0.4 is 0 Å². The van der Waals surface area contributed by atoms with E-state index in [1.807, 2.05) is 10.6 Å². The molecule has 2 aromatic heterocycles. The number of H-pyrrole nitrogens is 1. The molecule has 3 rings (SSSR count).